The first-order valence-corrected chi connectivity index (χ1v) is 5.40. The van der Waals surface area contributed by atoms with Gasteiger partial charge in [0.25, 0.3) is 0 Å². The molecule has 2 rings (SSSR count). The maximum Gasteiger partial charge on any atom is 0.317 e. The smallest absolute Gasteiger partial charge is 0.317 e. The summed E-state index contributed by atoms with van der Waals surface area (Å²) in [6.07, 6.45) is 4.86. The standard InChI is InChI=1S/C10H18N2O2/c1-14-9-5-3-2-4-8(9)12-7-6-11-10(12)13/h8-9H,2-7H2,1H3,(H,11,13)/t8-,9-/m0/s1. The highest BCUT2D eigenvalue weighted by atomic mass is 16.5. The Balaban J connectivity index is 2.02. The monoisotopic (exact) mass is 198 g/mol. The Kier molecular flexibility index (Phi) is 2.91. The molecular formula is C10H18N2O2. The number of carbonyl (C=O) groups is 1. The minimum absolute atomic E-state index is 0.0824. The Hall–Kier alpha value is -0.770. The van der Waals surface area contributed by atoms with E-state index >= 15 is 0 Å². The molecule has 1 aliphatic carbocycles. The molecule has 14 heavy (non-hydrogen) atoms. The van der Waals surface area contributed by atoms with Gasteiger partial charge >= 0.3 is 6.03 Å². The summed E-state index contributed by atoms with van der Waals surface area (Å²) in [5.41, 5.74) is 0. The van der Waals surface area contributed by atoms with Crippen LogP contribution in [0.5, 0.6) is 0 Å². The molecule has 4 heteroatoms. The van der Waals surface area contributed by atoms with Gasteiger partial charge in [0.1, 0.15) is 0 Å². The first kappa shape index (κ1) is 9.77. The van der Waals surface area contributed by atoms with E-state index in [9.17, 15) is 4.79 Å². The van der Waals surface area contributed by atoms with Crippen molar-refractivity contribution in [2.75, 3.05) is 20.2 Å². The number of nitrogens with zero attached hydrogens (tertiary/aromatic N) is 1. The molecular weight excluding hydrogens is 180 g/mol. The first-order valence-electron chi connectivity index (χ1n) is 5.40. The summed E-state index contributed by atoms with van der Waals surface area (Å²) < 4.78 is 5.44. The zero-order valence-corrected chi connectivity index (χ0v) is 8.66. The predicted octanol–water partition coefficient (Wildman–Crippen LogP) is 0.969. The molecule has 0 aromatic carbocycles. The minimum Gasteiger partial charge on any atom is -0.379 e. The van der Waals surface area contributed by atoms with E-state index in [-0.39, 0.29) is 12.1 Å². The van der Waals surface area contributed by atoms with Crippen LogP contribution in [0.15, 0.2) is 0 Å². The van der Waals surface area contributed by atoms with Gasteiger partial charge in [-0.2, -0.15) is 0 Å². The second kappa shape index (κ2) is 4.17. The van der Waals surface area contributed by atoms with Gasteiger partial charge in [0.15, 0.2) is 0 Å². The van der Waals surface area contributed by atoms with Crippen molar-refractivity contribution in [3.63, 3.8) is 0 Å². The second-order valence-electron chi connectivity index (χ2n) is 4.05. The molecule has 1 saturated carbocycles. The topological polar surface area (TPSA) is 41.6 Å². The lowest BCUT2D eigenvalue weighted by Crippen LogP contribution is -2.47. The number of urea groups is 1. The van der Waals surface area contributed by atoms with Crippen LogP contribution in [0, 0.1) is 0 Å². The second-order valence-corrected chi connectivity index (χ2v) is 4.05. The maximum absolute atomic E-state index is 11.5. The lowest BCUT2D eigenvalue weighted by Gasteiger charge is -2.36. The van der Waals surface area contributed by atoms with Gasteiger partial charge in [0.2, 0.25) is 0 Å². The van der Waals surface area contributed by atoms with E-state index in [0.717, 1.165) is 25.9 Å². The molecule has 0 unspecified atom stereocenters. The Labute approximate surface area is 84.6 Å². The number of rotatable bonds is 2. The zero-order valence-electron chi connectivity index (χ0n) is 8.66. The van der Waals surface area contributed by atoms with E-state index in [1.807, 2.05) is 4.90 Å². The number of carbonyl (C=O) groups excluding carboxylic acids is 1. The van der Waals surface area contributed by atoms with Gasteiger partial charge in [-0.25, -0.2) is 4.79 Å². The third kappa shape index (κ3) is 1.71. The average molecular weight is 198 g/mol. The molecule has 2 amide bonds. The van der Waals surface area contributed by atoms with Gasteiger partial charge in [0.05, 0.1) is 12.1 Å². The minimum atomic E-state index is 0.0824. The Morgan fingerprint density at radius 3 is 2.86 bits per heavy atom. The summed E-state index contributed by atoms with van der Waals surface area (Å²) in [7, 11) is 1.75. The number of ether oxygens (including phenoxy) is 1. The third-order valence-corrected chi connectivity index (χ3v) is 3.26. The fraction of sp³-hybridized carbons (Fsp3) is 0.900. The highest BCUT2D eigenvalue weighted by Gasteiger charge is 2.34. The largest absolute Gasteiger partial charge is 0.379 e. The molecule has 0 radical (unpaired) electrons. The highest BCUT2D eigenvalue weighted by Crippen LogP contribution is 2.26. The molecule has 2 aliphatic rings. The molecule has 4 nitrogen and oxygen atoms in total. The predicted molar refractivity (Wildman–Crippen MR) is 53.2 cm³/mol. The number of methoxy groups -OCH3 is 1. The van der Waals surface area contributed by atoms with Crippen LogP contribution in [0.2, 0.25) is 0 Å². The van der Waals surface area contributed by atoms with E-state index in [0.29, 0.717) is 6.04 Å². The summed E-state index contributed by atoms with van der Waals surface area (Å²) in [6, 6.07) is 0.384. The normalized spacial score (nSPS) is 33.2. The average Bonchev–Trinajstić information content (AvgIpc) is 2.64. The van der Waals surface area contributed by atoms with Crippen molar-refractivity contribution < 1.29 is 9.53 Å². The van der Waals surface area contributed by atoms with Crippen molar-refractivity contribution >= 4 is 6.03 Å². The Morgan fingerprint density at radius 2 is 2.21 bits per heavy atom. The number of hydrogen-bond donors (Lipinski definition) is 1. The molecule has 2 atom stereocenters. The van der Waals surface area contributed by atoms with E-state index < -0.39 is 0 Å². The molecule has 1 N–H and O–H groups in total. The molecule has 0 bridgehead atoms. The van der Waals surface area contributed by atoms with Gasteiger partial charge in [-0.15, -0.1) is 0 Å². The summed E-state index contributed by atoms with van der Waals surface area (Å²) in [4.78, 5) is 13.4. The summed E-state index contributed by atoms with van der Waals surface area (Å²) in [5.74, 6) is 0. The van der Waals surface area contributed by atoms with E-state index in [4.69, 9.17) is 4.74 Å². The van der Waals surface area contributed by atoms with Crippen LogP contribution in [-0.4, -0.2) is 43.3 Å². The summed E-state index contributed by atoms with van der Waals surface area (Å²) >= 11 is 0. The van der Waals surface area contributed by atoms with Crippen LogP contribution < -0.4 is 5.32 Å². The quantitative estimate of drug-likeness (QED) is 0.718. The van der Waals surface area contributed by atoms with Crippen molar-refractivity contribution in [2.24, 2.45) is 0 Å². The van der Waals surface area contributed by atoms with Gasteiger partial charge in [-0.3, -0.25) is 0 Å². The van der Waals surface area contributed by atoms with Crippen LogP contribution in [0.3, 0.4) is 0 Å². The zero-order chi connectivity index (χ0) is 9.97. The fourth-order valence-electron chi connectivity index (χ4n) is 2.51. The van der Waals surface area contributed by atoms with Crippen LogP contribution in [0.4, 0.5) is 4.79 Å². The van der Waals surface area contributed by atoms with E-state index in [1.54, 1.807) is 7.11 Å². The fourth-order valence-corrected chi connectivity index (χ4v) is 2.51. The van der Waals surface area contributed by atoms with Gasteiger partial charge in [-0.05, 0) is 12.8 Å². The van der Waals surface area contributed by atoms with Gasteiger partial charge in [0, 0.05) is 20.2 Å². The van der Waals surface area contributed by atoms with Crippen molar-refractivity contribution in [1.29, 1.82) is 0 Å². The van der Waals surface area contributed by atoms with Crippen LogP contribution in [-0.2, 0) is 4.74 Å². The number of nitrogens with one attached hydrogen (secondary N) is 1. The van der Waals surface area contributed by atoms with E-state index in [2.05, 4.69) is 5.32 Å². The van der Waals surface area contributed by atoms with Crippen molar-refractivity contribution in [1.82, 2.24) is 10.2 Å². The SMILES string of the molecule is CO[C@H]1CCCC[C@@H]1N1CCNC1=O. The maximum atomic E-state index is 11.5. The Bertz CT molecular complexity index is 220. The molecule has 0 aromatic heterocycles. The lowest BCUT2D eigenvalue weighted by molar-refractivity contribution is 0.00892. The summed E-state index contributed by atoms with van der Waals surface area (Å²) in [5, 5.41) is 2.84. The van der Waals surface area contributed by atoms with Crippen molar-refractivity contribution in [3.05, 3.63) is 0 Å². The van der Waals surface area contributed by atoms with Crippen LogP contribution >= 0.6 is 0 Å². The van der Waals surface area contributed by atoms with E-state index in [1.165, 1.54) is 12.8 Å². The van der Waals surface area contributed by atoms with Crippen LogP contribution in [0.25, 0.3) is 0 Å². The molecule has 1 saturated heterocycles. The van der Waals surface area contributed by atoms with Crippen LogP contribution in [0.1, 0.15) is 25.7 Å². The molecule has 0 aromatic rings. The Morgan fingerprint density at radius 1 is 1.43 bits per heavy atom. The number of hydrogen-bond acceptors (Lipinski definition) is 2. The molecule has 80 valence electrons. The highest BCUT2D eigenvalue weighted by molar-refractivity contribution is 5.76. The van der Waals surface area contributed by atoms with Crippen molar-refractivity contribution in [2.45, 2.75) is 37.8 Å². The van der Waals surface area contributed by atoms with Crippen molar-refractivity contribution in [3.8, 4) is 0 Å². The number of amides is 2. The van der Waals surface area contributed by atoms with Gasteiger partial charge < -0.3 is 15.0 Å². The third-order valence-electron chi connectivity index (χ3n) is 3.26. The first-order chi connectivity index (χ1) is 6.83. The molecule has 1 aliphatic heterocycles. The van der Waals surface area contributed by atoms with Gasteiger partial charge in [-0.1, -0.05) is 12.8 Å². The lowest BCUT2D eigenvalue weighted by atomic mass is 9.91. The molecule has 2 fully saturated rings. The molecule has 1 heterocycles. The molecule has 0 spiro atoms. The summed E-state index contributed by atoms with van der Waals surface area (Å²) in [6.45, 7) is 1.62.